The van der Waals surface area contributed by atoms with Gasteiger partial charge in [0, 0.05) is 25.8 Å². The molecule has 0 fully saturated rings. The highest BCUT2D eigenvalue weighted by atomic mass is 16.3. The van der Waals surface area contributed by atoms with Crippen LogP contribution >= 0.6 is 0 Å². The number of carbonyl (C=O) groups excluding carboxylic acids is 2. The van der Waals surface area contributed by atoms with Crippen molar-refractivity contribution in [3.05, 3.63) is 54.0 Å². The summed E-state index contributed by atoms with van der Waals surface area (Å²) in [5.74, 6) is -0.527. The van der Waals surface area contributed by atoms with Crippen LogP contribution in [0.3, 0.4) is 0 Å². The maximum atomic E-state index is 11.7. The van der Waals surface area contributed by atoms with Gasteiger partial charge < -0.3 is 20.0 Å². The maximum Gasteiger partial charge on any atom is 0.309 e. The number of nitrogens with one attached hydrogen (secondary N) is 2. The van der Waals surface area contributed by atoms with E-state index in [0.29, 0.717) is 6.54 Å². The first-order valence-electron chi connectivity index (χ1n) is 7.58. The van der Waals surface area contributed by atoms with Crippen LogP contribution in [0, 0.1) is 0 Å². The summed E-state index contributed by atoms with van der Waals surface area (Å²) in [4.78, 5) is 25.3. The minimum atomic E-state index is -0.648. The summed E-state index contributed by atoms with van der Waals surface area (Å²) in [6, 6.07) is 11.8. The molecule has 23 heavy (non-hydrogen) atoms. The third-order valence-corrected chi connectivity index (χ3v) is 4.06. The van der Waals surface area contributed by atoms with E-state index in [4.69, 9.17) is 4.42 Å². The molecular weight excluding hydrogens is 294 g/mol. The smallest absolute Gasteiger partial charge is 0.309 e. The van der Waals surface area contributed by atoms with Crippen molar-refractivity contribution in [3.8, 4) is 0 Å². The van der Waals surface area contributed by atoms with Gasteiger partial charge in [-0.25, -0.2) is 0 Å². The van der Waals surface area contributed by atoms with Gasteiger partial charge in [0.05, 0.1) is 6.26 Å². The molecule has 3 rings (SSSR count). The number of hydrogen-bond donors (Lipinski definition) is 2. The fourth-order valence-electron chi connectivity index (χ4n) is 2.92. The lowest BCUT2D eigenvalue weighted by Gasteiger charge is -2.29. The quantitative estimate of drug-likeness (QED) is 0.833. The lowest BCUT2D eigenvalue weighted by molar-refractivity contribution is -0.138. The Morgan fingerprint density at radius 3 is 2.78 bits per heavy atom. The number of amides is 2. The first kappa shape index (κ1) is 15.1. The van der Waals surface area contributed by atoms with Crippen molar-refractivity contribution in [2.45, 2.75) is 12.5 Å². The van der Waals surface area contributed by atoms with Gasteiger partial charge in [-0.05, 0) is 30.2 Å². The highest BCUT2D eigenvalue weighted by Crippen LogP contribution is 2.34. The number of furan rings is 1. The van der Waals surface area contributed by atoms with Crippen molar-refractivity contribution in [2.24, 2.45) is 0 Å². The zero-order valence-electron chi connectivity index (χ0n) is 12.9. The van der Waals surface area contributed by atoms with Crippen LogP contribution in [0.5, 0.6) is 0 Å². The third kappa shape index (κ3) is 3.06. The molecule has 2 aromatic rings. The van der Waals surface area contributed by atoms with Crippen LogP contribution < -0.4 is 15.5 Å². The Morgan fingerprint density at radius 2 is 2.04 bits per heavy atom. The molecule has 120 valence electrons. The van der Waals surface area contributed by atoms with Gasteiger partial charge in [0.2, 0.25) is 0 Å². The second-order valence-corrected chi connectivity index (χ2v) is 5.39. The molecule has 0 saturated heterocycles. The Bertz CT molecular complexity index is 697. The first-order valence-corrected chi connectivity index (χ1v) is 7.58. The molecule has 0 aliphatic carbocycles. The highest BCUT2D eigenvalue weighted by Gasteiger charge is 2.29. The van der Waals surface area contributed by atoms with E-state index in [9.17, 15) is 9.59 Å². The number of para-hydroxylation sites is 1. The van der Waals surface area contributed by atoms with Gasteiger partial charge in [-0.1, -0.05) is 18.2 Å². The van der Waals surface area contributed by atoms with Crippen molar-refractivity contribution in [3.63, 3.8) is 0 Å². The van der Waals surface area contributed by atoms with Crippen LogP contribution in [-0.4, -0.2) is 32.0 Å². The van der Waals surface area contributed by atoms with Crippen molar-refractivity contribution >= 4 is 17.5 Å². The van der Waals surface area contributed by atoms with Crippen LogP contribution in [0.25, 0.3) is 0 Å². The van der Waals surface area contributed by atoms with Crippen LogP contribution in [0.15, 0.2) is 47.1 Å². The lowest BCUT2D eigenvalue weighted by atomic mass is 10.1. The summed E-state index contributed by atoms with van der Waals surface area (Å²) in [5, 5.41) is 5.00. The lowest BCUT2D eigenvalue weighted by Crippen LogP contribution is -2.43. The van der Waals surface area contributed by atoms with Gasteiger partial charge in [0.1, 0.15) is 11.8 Å². The highest BCUT2D eigenvalue weighted by molar-refractivity contribution is 6.35. The number of anilines is 1. The molecule has 1 aromatic heterocycles. The van der Waals surface area contributed by atoms with Crippen molar-refractivity contribution < 1.29 is 14.0 Å². The molecule has 6 heteroatoms. The van der Waals surface area contributed by atoms with Gasteiger partial charge >= 0.3 is 11.8 Å². The minimum absolute atomic E-state index is 0.151. The van der Waals surface area contributed by atoms with Crippen molar-refractivity contribution in [1.82, 2.24) is 10.6 Å². The van der Waals surface area contributed by atoms with E-state index >= 15 is 0 Å². The van der Waals surface area contributed by atoms with E-state index in [-0.39, 0.29) is 6.04 Å². The van der Waals surface area contributed by atoms with Crippen molar-refractivity contribution in [2.75, 3.05) is 25.0 Å². The van der Waals surface area contributed by atoms with Crippen LogP contribution in [0.1, 0.15) is 17.4 Å². The summed E-state index contributed by atoms with van der Waals surface area (Å²) in [6.07, 6.45) is 2.57. The van der Waals surface area contributed by atoms with Gasteiger partial charge in [-0.15, -0.1) is 0 Å². The standard InChI is InChI=1S/C17H19N3O3/c1-18-16(21)17(22)19-11-14(15-7-4-10-23-15)20-9-8-12-5-2-3-6-13(12)20/h2-7,10,14H,8-9,11H2,1H3,(H,18,21)(H,19,22). The van der Waals surface area contributed by atoms with Gasteiger partial charge in [-0.3, -0.25) is 9.59 Å². The molecule has 6 nitrogen and oxygen atoms in total. The zero-order chi connectivity index (χ0) is 16.2. The SMILES string of the molecule is CNC(=O)C(=O)NCC(c1ccco1)N1CCc2ccccc21. The van der Waals surface area contributed by atoms with Crippen LogP contribution in [0.2, 0.25) is 0 Å². The molecule has 1 aliphatic heterocycles. The fourth-order valence-corrected chi connectivity index (χ4v) is 2.92. The Balaban J connectivity index is 1.81. The molecule has 0 radical (unpaired) electrons. The molecule has 2 heterocycles. The average molecular weight is 313 g/mol. The van der Waals surface area contributed by atoms with Crippen LogP contribution in [-0.2, 0) is 16.0 Å². The number of nitrogens with zero attached hydrogens (tertiary/aromatic N) is 1. The number of benzene rings is 1. The fraction of sp³-hybridized carbons (Fsp3) is 0.294. The first-order chi connectivity index (χ1) is 11.2. The zero-order valence-corrected chi connectivity index (χ0v) is 12.9. The van der Waals surface area contributed by atoms with Gasteiger partial charge in [0.15, 0.2) is 0 Å². The molecule has 0 bridgehead atoms. The molecular formula is C17H19N3O3. The van der Waals surface area contributed by atoms with E-state index in [0.717, 1.165) is 24.4 Å². The summed E-state index contributed by atoms with van der Waals surface area (Å²) in [6.45, 7) is 1.15. The summed E-state index contributed by atoms with van der Waals surface area (Å²) < 4.78 is 5.55. The van der Waals surface area contributed by atoms with E-state index in [1.807, 2.05) is 24.3 Å². The Kier molecular flexibility index (Phi) is 4.32. The molecule has 1 aromatic carbocycles. The monoisotopic (exact) mass is 313 g/mol. The summed E-state index contributed by atoms with van der Waals surface area (Å²) >= 11 is 0. The molecule has 0 saturated carbocycles. The number of rotatable bonds is 4. The molecule has 1 atom stereocenters. The van der Waals surface area contributed by atoms with E-state index in [1.54, 1.807) is 6.26 Å². The minimum Gasteiger partial charge on any atom is -0.467 e. The Hall–Kier alpha value is -2.76. The largest absolute Gasteiger partial charge is 0.467 e. The normalized spacial score (nSPS) is 14.2. The molecule has 1 aliphatic rings. The van der Waals surface area contributed by atoms with E-state index < -0.39 is 11.8 Å². The number of likely N-dealkylation sites (N-methyl/N-ethyl adjacent to an activating group) is 1. The van der Waals surface area contributed by atoms with E-state index in [1.165, 1.54) is 12.6 Å². The summed E-state index contributed by atoms with van der Waals surface area (Å²) in [5.41, 5.74) is 2.42. The maximum absolute atomic E-state index is 11.7. The van der Waals surface area contributed by atoms with Gasteiger partial charge in [-0.2, -0.15) is 0 Å². The van der Waals surface area contributed by atoms with E-state index in [2.05, 4.69) is 27.7 Å². The third-order valence-electron chi connectivity index (χ3n) is 4.06. The Morgan fingerprint density at radius 1 is 1.22 bits per heavy atom. The molecule has 2 amide bonds. The predicted octanol–water partition coefficient (Wildman–Crippen LogP) is 1.25. The summed E-state index contributed by atoms with van der Waals surface area (Å²) in [7, 11) is 1.43. The second kappa shape index (κ2) is 6.56. The molecule has 1 unspecified atom stereocenters. The topological polar surface area (TPSA) is 74.6 Å². The second-order valence-electron chi connectivity index (χ2n) is 5.39. The Labute approximate surface area is 134 Å². The van der Waals surface area contributed by atoms with Crippen molar-refractivity contribution in [1.29, 1.82) is 0 Å². The number of fused-ring (bicyclic) bond motifs is 1. The van der Waals surface area contributed by atoms with Gasteiger partial charge in [0.25, 0.3) is 0 Å². The molecule has 0 spiro atoms. The number of carbonyl (C=O) groups is 2. The predicted molar refractivity (Wildman–Crippen MR) is 86.0 cm³/mol. The van der Waals surface area contributed by atoms with Crippen LogP contribution in [0.4, 0.5) is 5.69 Å². The average Bonchev–Trinajstić information content (AvgIpc) is 3.24. The molecule has 2 N–H and O–H groups in total. The number of hydrogen-bond acceptors (Lipinski definition) is 4.